The van der Waals surface area contributed by atoms with Crippen LogP contribution in [0.4, 0.5) is 0 Å². The van der Waals surface area contributed by atoms with E-state index in [2.05, 4.69) is 6.92 Å². The highest BCUT2D eigenvalue weighted by atomic mass is 16.4. The van der Waals surface area contributed by atoms with Gasteiger partial charge in [-0.05, 0) is 24.7 Å². The van der Waals surface area contributed by atoms with Crippen molar-refractivity contribution in [2.24, 2.45) is 11.8 Å². The van der Waals surface area contributed by atoms with Crippen molar-refractivity contribution < 1.29 is 9.90 Å². The molecule has 2 unspecified atom stereocenters. The largest absolute Gasteiger partial charge is 0.481 e. The third kappa shape index (κ3) is 11.1. The van der Waals surface area contributed by atoms with E-state index < -0.39 is 5.97 Å². The first-order valence-corrected chi connectivity index (χ1v) is 9.95. The van der Waals surface area contributed by atoms with Crippen molar-refractivity contribution in [3.05, 3.63) is 0 Å². The zero-order valence-corrected chi connectivity index (χ0v) is 14.8. The van der Waals surface area contributed by atoms with Crippen molar-refractivity contribution in [3.63, 3.8) is 0 Å². The summed E-state index contributed by atoms with van der Waals surface area (Å²) in [5.41, 5.74) is 0. The van der Waals surface area contributed by atoms with Crippen molar-refractivity contribution in [2.75, 3.05) is 0 Å². The molecule has 0 saturated heterocycles. The van der Waals surface area contributed by atoms with E-state index in [0.29, 0.717) is 6.42 Å². The molecule has 1 N–H and O–H groups in total. The molecule has 1 aliphatic carbocycles. The highest BCUT2D eigenvalue weighted by Crippen LogP contribution is 2.45. The van der Waals surface area contributed by atoms with Crippen molar-refractivity contribution in [1.29, 1.82) is 0 Å². The fourth-order valence-corrected chi connectivity index (χ4v) is 3.59. The molecule has 1 saturated carbocycles. The average molecular weight is 311 g/mol. The molecule has 0 spiro atoms. The number of unbranched alkanes of at least 4 members (excludes halogenated alkanes) is 10. The number of carboxylic acids is 1. The van der Waals surface area contributed by atoms with Crippen LogP contribution < -0.4 is 0 Å². The van der Waals surface area contributed by atoms with Gasteiger partial charge in [-0.15, -0.1) is 0 Å². The van der Waals surface area contributed by atoms with E-state index in [9.17, 15) is 4.79 Å². The van der Waals surface area contributed by atoms with Gasteiger partial charge in [0.1, 0.15) is 0 Å². The van der Waals surface area contributed by atoms with Gasteiger partial charge in [0.2, 0.25) is 0 Å². The summed E-state index contributed by atoms with van der Waals surface area (Å²) < 4.78 is 0. The van der Waals surface area contributed by atoms with E-state index >= 15 is 0 Å². The molecule has 1 aliphatic rings. The van der Waals surface area contributed by atoms with Gasteiger partial charge in [0.25, 0.3) is 0 Å². The molecular weight excluding hydrogens is 272 g/mol. The Balaban J connectivity index is 1.73. The van der Waals surface area contributed by atoms with Crippen molar-refractivity contribution >= 4 is 5.97 Å². The summed E-state index contributed by atoms with van der Waals surface area (Å²) >= 11 is 0. The first-order chi connectivity index (χ1) is 10.7. The van der Waals surface area contributed by atoms with Gasteiger partial charge in [-0.1, -0.05) is 90.4 Å². The van der Waals surface area contributed by atoms with Crippen LogP contribution in [0.2, 0.25) is 0 Å². The van der Waals surface area contributed by atoms with Crippen molar-refractivity contribution in [2.45, 2.75) is 110 Å². The lowest BCUT2D eigenvalue weighted by atomic mass is 10.0. The summed E-state index contributed by atoms with van der Waals surface area (Å²) in [4.78, 5) is 10.4. The minimum atomic E-state index is -0.649. The van der Waals surface area contributed by atoms with Crippen molar-refractivity contribution in [3.8, 4) is 0 Å². The van der Waals surface area contributed by atoms with Crippen LogP contribution in [-0.4, -0.2) is 11.1 Å². The van der Waals surface area contributed by atoms with Crippen LogP contribution >= 0.6 is 0 Å². The predicted molar refractivity (Wildman–Crippen MR) is 94.2 cm³/mol. The van der Waals surface area contributed by atoms with Gasteiger partial charge in [0.05, 0.1) is 0 Å². The molecule has 2 nitrogen and oxygen atoms in total. The summed E-state index contributed by atoms with van der Waals surface area (Å²) in [5, 5.41) is 8.55. The summed E-state index contributed by atoms with van der Waals surface area (Å²) in [5.74, 6) is 1.52. The van der Waals surface area contributed by atoms with Crippen LogP contribution in [0.3, 0.4) is 0 Å². The summed E-state index contributed by atoms with van der Waals surface area (Å²) in [6, 6.07) is 0. The van der Waals surface area contributed by atoms with E-state index in [1.807, 2.05) is 0 Å². The summed E-state index contributed by atoms with van der Waals surface area (Å²) in [7, 11) is 0. The number of aliphatic carboxylic acids is 1. The van der Waals surface area contributed by atoms with Gasteiger partial charge >= 0.3 is 5.97 Å². The molecule has 0 bridgehead atoms. The van der Waals surface area contributed by atoms with Crippen LogP contribution in [0.5, 0.6) is 0 Å². The van der Waals surface area contributed by atoms with E-state index in [4.69, 9.17) is 5.11 Å². The molecule has 0 aromatic heterocycles. The number of carbonyl (C=O) groups is 1. The lowest BCUT2D eigenvalue weighted by Crippen LogP contribution is -1.93. The fraction of sp³-hybridized carbons (Fsp3) is 0.950. The van der Waals surface area contributed by atoms with Crippen LogP contribution in [0, 0.1) is 11.8 Å². The Kier molecular flexibility index (Phi) is 11.5. The number of hydrogen-bond acceptors (Lipinski definition) is 1. The average Bonchev–Trinajstić information content (AvgIpc) is 3.24. The minimum Gasteiger partial charge on any atom is -0.481 e. The van der Waals surface area contributed by atoms with Crippen LogP contribution in [0.25, 0.3) is 0 Å². The monoisotopic (exact) mass is 310 g/mol. The molecule has 0 aromatic rings. The van der Waals surface area contributed by atoms with Gasteiger partial charge in [0.15, 0.2) is 0 Å². The molecule has 0 heterocycles. The number of hydrogen-bond donors (Lipinski definition) is 1. The van der Waals surface area contributed by atoms with E-state index in [1.165, 1.54) is 83.5 Å². The fourth-order valence-electron chi connectivity index (χ4n) is 3.59. The SMILES string of the molecule is CCCCCCC1CC1CCCCCCCCCCC(=O)O. The second-order valence-electron chi connectivity index (χ2n) is 7.37. The quantitative estimate of drug-likeness (QED) is 0.327. The first-order valence-electron chi connectivity index (χ1n) is 9.95. The van der Waals surface area contributed by atoms with E-state index in [0.717, 1.165) is 24.7 Å². The lowest BCUT2D eigenvalue weighted by molar-refractivity contribution is -0.137. The molecule has 130 valence electrons. The predicted octanol–water partition coefficient (Wildman–Crippen LogP) is 6.58. The molecule has 1 fully saturated rings. The molecule has 0 aromatic carbocycles. The standard InChI is InChI=1S/C20H38O2/c1-2-3-4-11-14-18-17-19(18)15-12-9-7-5-6-8-10-13-16-20(21)22/h18-19H,2-17H2,1H3,(H,21,22). The summed E-state index contributed by atoms with van der Waals surface area (Å²) in [6.45, 7) is 2.29. The maximum Gasteiger partial charge on any atom is 0.303 e. The molecule has 1 rings (SSSR count). The van der Waals surface area contributed by atoms with Gasteiger partial charge in [0, 0.05) is 6.42 Å². The van der Waals surface area contributed by atoms with E-state index in [-0.39, 0.29) is 0 Å². The number of carboxylic acid groups (broad SMARTS) is 1. The highest BCUT2D eigenvalue weighted by molar-refractivity contribution is 5.66. The van der Waals surface area contributed by atoms with Gasteiger partial charge in [-0.3, -0.25) is 4.79 Å². The third-order valence-corrected chi connectivity index (χ3v) is 5.21. The minimum absolute atomic E-state index is 0.348. The van der Waals surface area contributed by atoms with Gasteiger partial charge in [-0.25, -0.2) is 0 Å². The molecular formula is C20H38O2. The number of rotatable bonds is 16. The molecule has 2 heteroatoms. The second-order valence-corrected chi connectivity index (χ2v) is 7.37. The molecule has 0 radical (unpaired) electrons. The first kappa shape index (κ1) is 19.5. The maximum atomic E-state index is 10.4. The molecule has 22 heavy (non-hydrogen) atoms. The molecule has 0 aliphatic heterocycles. The zero-order chi connectivity index (χ0) is 16.0. The second kappa shape index (κ2) is 13.0. The van der Waals surface area contributed by atoms with Gasteiger partial charge < -0.3 is 5.11 Å². The Morgan fingerprint density at radius 1 is 0.773 bits per heavy atom. The summed E-state index contributed by atoms with van der Waals surface area (Å²) in [6.07, 6.45) is 20.6. The molecule has 0 amide bonds. The lowest BCUT2D eigenvalue weighted by Gasteiger charge is -2.03. The van der Waals surface area contributed by atoms with Crippen LogP contribution in [0.1, 0.15) is 110 Å². The normalized spacial score (nSPS) is 20.2. The zero-order valence-electron chi connectivity index (χ0n) is 14.8. The molecule has 2 atom stereocenters. The Morgan fingerprint density at radius 3 is 1.73 bits per heavy atom. The third-order valence-electron chi connectivity index (χ3n) is 5.21. The van der Waals surface area contributed by atoms with E-state index in [1.54, 1.807) is 0 Å². The van der Waals surface area contributed by atoms with Crippen molar-refractivity contribution in [1.82, 2.24) is 0 Å². The van der Waals surface area contributed by atoms with Crippen LogP contribution in [-0.2, 0) is 4.79 Å². The Labute approximate surface area is 138 Å². The highest BCUT2D eigenvalue weighted by Gasteiger charge is 2.34. The smallest absolute Gasteiger partial charge is 0.303 e. The van der Waals surface area contributed by atoms with Crippen LogP contribution in [0.15, 0.2) is 0 Å². The van der Waals surface area contributed by atoms with Gasteiger partial charge in [-0.2, -0.15) is 0 Å². The topological polar surface area (TPSA) is 37.3 Å². The maximum absolute atomic E-state index is 10.4. The Hall–Kier alpha value is -0.530. The Morgan fingerprint density at radius 2 is 1.23 bits per heavy atom. The Bertz CT molecular complexity index is 275.